The Labute approximate surface area is 125 Å². The predicted molar refractivity (Wildman–Crippen MR) is 78.6 cm³/mol. The molecule has 0 saturated carbocycles. The maximum atomic E-state index is 13.3. The van der Waals surface area contributed by atoms with E-state index in [1.54, 1.807) is 18.3 Å². The van der Waals surface area contributed by atoms with E-state index in [9.17, 15) is 4.39 Å². The molecule has 0 saturated heterocycles. The van der Waals surface area contributed by atoms with E-state index in [2.05, 4.69) is 33.3 Å². The zero-order valence-corrected chi connectivity index (χ0v) is 12.8. The quantitative estimate of drug-likeness (QED) is 0.848. The van der Waals surface area contributed by atoms with Crippen LogP contribution in [0.1, 0.15) is 18.1 Å². The van der Waals surface area contributed by atoms with E-state index >= 15 is 0 Å². The van der Waals surface area contributed by atoms with Gasteiger partial charge in [0.1, 0.15) is 5.82 Å². The monoisotopic (exact) mass is 341 g/mol. The largest absolute Gasteiger partial charge is 0.392 e. The van der Waals surface area contributed by atoms with E-state index in [0.29, 0.717) is 12.1 Å². The molecule has 1 aromatic heterocycles. The highest BCUT2D eigenvalue weighted by atomic mass is 79.9. The highest BCUT2D eigenvalue weighted by Crippen LogP contribution is 2.11. The number of hydrogen-bond acceptors (Lipinski definition) is 3. The second-order valence-corrected chi connectivity index (χ2v) is 5.66. The molecule has 0 fully saturated rings. The number of aromatic nitrogens is 2. The first kappa shape index (κ1) is 15.2. The Balaban J connectivity index is 1.88. The van der Waals surface area contributed by atoms with Crippen molar-refractivity contribution in [3.8, 4) is 0 Å². The Morgan fingerprint density at radius 1 is 1.50 bits per heavy atom. The van der Waals surface area contributed by atoms with Gasteiger partial charge in [-0.25, -0.2) is 4.39 Å². The molecule has 0 aliphatic carbocycles. The third-order valence-corrected chi connectivity index (χ3v) is 3.41. The highest BCUT2D eigenvalue weighted by molar-refractivity contribution is 9.10. The van der Waals surface area contributed by atoms with E-state index in [1.807, 2.05) is 10.9 Å². The van der Waals surface area contributed by atoms with E-state index in [-0.39, 0.29) is 18.5 Å². The van der Waals surface area contributed by atoms with Crippen molar-refractivity contribution in [3.05, 3.63) is 52.0 Å². The van der Waals surface area contributed by atoms with Crippen molar-refractivity contribution < 1.29 is 9.50 Å². The van der Waals surface area contributed by atoms with Gasteiger partial charge in [0.25, 0.3) is 0 Å². The SMILES string of the molecule is CC(Cn1cc(Br)cn1)NCc1ccc(F)c(CO)c1. The Morgan fingerprint density at radius 2 is 2.30 bits per heavy atom. The summed E-state index contributed by atoms with van der Waals surface area (Å²) >= 11 is 3.36. The van der Waals surface area contributed by atoms with Crippen LogP contribution in [0, 0.1) is 5.82 Å². The van der Waals surface area contributed by atoms with E-state index in [0.717, 1.165) is 16.6 Å². The molecule has 1 atom stereocenters. The third-order valence-electron chi connectivity index (χ3n) is 3.00. The van der Waals surface area contributed by atoms with Gasteiger partial charge in [-0.15, -0.1) is 0 Å². The molecule has 6 heteroatoms. The lowest BCUT2D eigenvalue weighted by Crippen LogP contribution is -2.30. The van der Waals surface area contributed by atoms with Crippen LogP contribution in [-0.4, -0.2) is 20.9 Å². The fourth-order valence-electron chi connectivity index (χ4n) is 1.93. The van der Waals surface area contributed by atoms with Crippen molar-refractivity contribution in [2.75, 3.05) is 0 Å². The summed E-state index contributed by atoms with van der Waals surface area (Å²) < 4.78 is 16.1. The summed E-state index contributed by atoms with van der Waals surface area (Å²) in [6.45, 7) is 3.15. The molecule has 0 bridgehead atoms. The molecule has 2 rings (SSSR count). The Bertz CT molecular complexity index is 573. The van der Waals surface area contributed by atoms with Gasteiger partial charge in [-0.3, -0.25) is 4.68 Å². The van der Waals surface area contributed by atoms with Crippen LogP contribution in [0.2, 0.25) is 0 Å². The molecule has 0 aliphatic heterocycles. The number of nitrogens with zero attached hydrogens (tertiary/aromatic N) is 2. The summed E-state index contributed by atoms with van der Waals surface area (Å²) in [5.41, 5.74) is 1.27. The Kier molecular flexibility index (Phi) is 5.28. The van der Waals surface area contributed by atoms with Crippen molar-refractivity contribution >= 4 is 15.9 Å². The molecule has 2 N–H and O–H groups in total. The molecule has 20 heavy (non-hydrogen) atoms. The van der Waals surface area contributed by atoms with Crippen LogP contribution < -0.4 is 5.32 Å². The van der Waals surface area contributed by atoms with Crippen LogP contribution >= 0.6 is 15.9 Å². The van der Waals surface area contributed by atoms with Crippen molar-refractivity contribution in [1.82, 2.24) is 15.1 Å². The van der Waals surface area contributed by atoms with Crippen LogP contribution in [-0.2, 0) is 19.7 Å². The minimum atomic E-state index is -0.370. The maximum absolute atomic E-state index is 13.3. The lowest BCUT2D eigenvalue weighted by Gasteiger charge is -2.14. The van der Waals surface area contributed by atoms with Crippen molar-refractivity contribution in [1.29, 1.82) is 0 Å². The van der Waals surface area contributed by atoms with Crippen LogP contribution in [0.4, 0.5) is 4.39 Å². The number of hydrogen-bond donors (Lipinski definition) is 2. The molecular weight excluding hydrogens is 325 g/mol. The minimum absolute atomic E-state index is 0.226. The first-order chi connectivity index (χ1) is 9.58. The fourth-order valence-corrected chi connectivity index (χ4v) is 2.26. The average molecular weight is 342 g/mol. The normalized spacial score (nSPS) is 12.6. The van der Waals surface area contributed by atoms with Crippen LogP contribution in [0.15, 0.2) is 35.1 Å². The lowest BCUT2D eigenvalue weighted by molar-refractivity contribution is 0.275. The number of aliphatic hydroxyl groups is 1. The summed E-state index contributed by atoms with van der Waals surface area (Å²) in [4.78, 5) is 0. The maximum Gasteiger partial charge on any atom is 0.128 e. The van der Waals surface area contributed by atoms with Crippen LogP contribution in [0.25, 0.3) is 0 Å². The van der Waals surface area contributed by atoms with E-state index in [4.69, 9.17) is 5.11 Å². The van der Waals surface area contributed by atoms with Gasteiger partial charge in [0.15, 0.2) is 0 Å². The minimum Gasteiger partial charge on any atom is -0.392 e. The van der Waals surface area contributed by atoms with E-state index in [1.165, 1.54) is 6.07 Å². The van der Waals surface area contributed by atoms with Gasteiger partial charge in [0.2, 0.25) is 0 Å². The van der Waals surface area contributed by atoms with Gasteiger partial charge >= 0.3 is 0 Å². The summed E-state index contributed by atoms with van der Waals surface area (Å²) in [6.07, 6.45) is 3.67. The highest BCUT2D eigenvalue weighted by Gasteiger charge is 2.06. The molecule has 0 amide bonds. The van der Waals surface area contributed by atoms with Gasteiger partial charge in [-0.05, 0) is 40.5 Å². The van der Waals surface area contributed by atoms with Crippen LogP contribution in [0.3, 0.4) is 0 Å². The van der Waals surface area contributed by atoms with Gasteiger partial charge in [-0.1, -0.05) is 6.07 Å². The van der Waals surface area contributed by atoms with E-state index < -0.39 is 0 Å². The average Bonchev–Trinajstić information content (AvgIpc) is 2.83. The second kappa shape index (κ2) is 6.97. The standard InChI is InChI=1S/C14H17BrFN3O/c1-10(7-19-8-13(15)6-18-19)17-5-11-2-3-14(16)12(4-11)9-20/h2-4,6,8,10,17,20H,5,7,9H2,1H3. The summed E-state index contributed by atoms with van der Waals surface area (Å²) in [5, 5.41) is 16.6. The summed E-state index contributed by atoms with van der Waals surface area (Å²) in [7, 11) is 0. The molecule has 4 nitrogen and oxygen atoms in total. The second-order valence-electron chi connectivity index (χ2n) is 4.75. The zero-order chi connectivity index (χ0) is 14.5. The molecular formula is C14H17BrFN3O. The molecule has 0 spiro atoms. The summed E-state index contributed by atoms with van der Waals surface area (Å²) in [6, 6.07) is 5.01. The number of benzene rings is 1. The van der Waals surface area contributed by atoms with Gasteiger partial charge < -0.3 is 10.4 Å². The zero-order valence-electron chi connectivity index (χ0n) is 11.2. The van der Waals surface area contributed by atoms with Crippen molar-refractivity contribution in [2.24, 2.45) is 0 Å². The van der Waals surface area contributed by atoms with Crippen molar-refractivity contribution in [2.45, 2.75) is 32.7 Å². The Morgan fingerprint density at radius 3 is 2.95 bits per heavy atom. The summed E-state index contributed by atoms with van der Waals surface area (Å²) in [5.74, 6) is -0.370. The van der Waals surface area contributed by atoms with Gasteiger partial charge in [0.05, 0.1) is 23.8 Å². The number of rotatable bonds is 6. The molecule has 0 aliphatic rings. The molecule has 108 valence electrons. The first-order valence-corrected chi connectivity index (χ1v) is 7.17. The van der Waals surface area contributed by atoms with Gasteiger partial charge in [-0.2, -0.15) is 5.10 Å². The number of halogens is 2. The topological polar surface area (TPSA) is 50.1 Å². The first-order valence-electron chi connectivity index (χ1n) is 6.38. The number of aliphatic hydroxyl groups excluding tert-OH is 1. The van der Waals surface area contributed by atoms with Crippen molar-refractivity contribution in [3.63, 3.8) is 0 Å². The molecule has 1 heterocycles. The lowest BCUT2D eigenvalue weighted by atomic mass is 10.1. The van der Waals surface area contributed by atoms with Crippen LogP contribution in [0.5, 0.6) is 0 Å². The smallest absolute Gasteiger partial charge is 0.128 e. The molecule has 2 aromatic rings. The Hall–Kier alpha value is -1.24. The predicted octanol–water partition coefficient (Wildman–Crippen LogP) is 2.46. The molecule has 1 aromatic carbocycles. The van der Waals surface area contributed by atoms with Gasteiger partial charge in [0, 0.05) is 24.3 Å². The fraction of sp³-hybridized carbons (Fsp3) is 0.357. The number of nitrogens with one attached hydrogen (secondary N) is 1. The molecule has 1 unspecified atom stereocenters. The molecule has 0 radical (unpaired) electrons. The third kappa shape index (κ3) is 4.13.